The van der Waals surface area contributed by atoms with Gasteiger partial charge in [0, 0.05) is 43.9 Å². The van der Waals surface area contributed by atoms with Crippen LogP contribution < -0.4 is 25.2 Å². The average Bonchev–Trinajstić information content (AvgIpc) is 2.97. The molecule has 10 heteroatoms. The molecule has 0 aliphatic carbocycles. The summed E-state index contributed by atoms with van der Waals surface area (Å²) < 4.78 is 12.4. The Morgan fingerprint density at radius 2 is 1.54 bits per heavy atom. The number of urea groups is 1. The quantitative estimate of drug-likeness (QED) is 0.446. The third kappa shape index (κ3) is 4.78. The Morgan fingerprint density at radius 1 is 0.854 bits per heavy atom. The maximum Gasteiger partial charge on any atom is 0.335 e. The van der Waals surface area contributed by atoms with Gasteiger partial charge in [0.05, 0.1) is 19.9 Å². The lowest BCUT2D eigenvalue weighted by Gasteiger charge is -2.47. The first kappa shape index (κ1) is 26.8. The summed E-state index contributed by atoms with van der Waals surface area (Å²) in [4.78, 5) is 57.1. The van der Waals surface area contributed by atoms with E-state index in [-0.39, 0.29) is 30.4 Å². The van der Waals surface area contributed by atoms with E-state index in [0.29, 0.717) is 36.8 Å². The minimum atomic E-state index is -1.57. The number of piperidine rings is 1. The van der Waals surface area contributed by atoms with Crippen LogP contribution >= 0.6 is 0 Å². The first-order valence-corrected chi connectivity index (χ1v) is 13.7. The summed E-state index contributed by atoms with van der Waals surface area (Å²) in [7, 11) is 3.11. The van der Waals surface area contributed by atoms with Crippen molar-refractivity contribution >= 4 is 23.5 Å². The predicted octanol–water partition coefficient (Wildman–Crippen LogP) is 2.80. The number of hydrogen-bond acceptors (Lipinski definition) is 7. The molecule has 1 N–H and O–H groups in total. The number of aromatic nitrogens is 1. The van der Waals surface area contributed by atoms with Crippen molar-refractivity contribution in [1.82, 2.24) is 14.8 Å². The molecule has 2 aromatic carbocycles. The molecule has 3 aromatic rings. The summed E-state index contributed by atoms with van der Waals surface area (Å²) in [5, 5.41) is 2.48. The molecule has 212 valence electrons. The molecular weight excluding hydrogens is 524 g/mol. The van der Waals surface area contributed by atoms with Gasteiger partial charge in [0.1, 0.15) is 16.9 Å². The number of nitrogens with one attached hydrogen (secondary N) is 1. The van der Waals surface area contributed by atoms with Gasteiger partial charge in [0.2, 0.25) is 5.91 Å². The fraction of sp³-hybridized carbons (Fsp3) is 0.355. The Morgan fingerprint density at radius 3 is 2.22 bits per heavy atom. The number of ether oxygens (including phenoxy) is 2. The minimum Gasteiger partial charge on any atom is -0.497 e. The second-order valence-electron chi connectivity index (χ2n) is 11.1. The van der Waals surface area contributed by atoms with E-state index < -0.39 is 23.3 Å². The van der Waals surface area contributed by atoms with Gasteiger partial charge < -0.3 is 18.9 Å². The van der Waals surface area contributed by atoms with Crippen LogP contribution in [0.5, 0.6) is 11.5 Å². The molecule has 0 spiro atoms. The summed E-state index contributed by atoms with van der Waals surface area (Å²) in [6, 6.07) is 18.4. The second-order valence-corrected chi connectivity index (χ2v) is 11.1. The number of imide groups is 2. The molecule has 3 atom stereocenters. The summed E-state index contributed by atoms with van der Waals surface area (Å²) in [6.45, 7) is 1.97. The number of hydrogen-bond donors (Lipinski definition) is 1. The number of barbiturate groups is 1. The molecule has 3 aliphatic rings. The third-order valence-electron chi connectivity index (χ3n) is 8.52. The molecule has 0 saturated carbocycles. The highest BCUT2D eigenvalue weighted by molar-refractivity contribution is 6.30. The van der Waals surface area contributed by atoms with Gasteiger partial charge in [-0.2, -0.15) is 0 Å². The van der Waals surface area contributed by atoms with E-state index in [2.05, 4.69) is 10.2 Å². The van der Waals surface area contributed by atoms with E-state index in [4.69, 9.17) is 9.47 Å². The number of methoxy groups -OCH3 is 2. The number of amides is 4. The van der Waals surface area contributed by atoms with Crippen molar-refractivity contribution in [2.45, 2.75) is 25.3 Å². The SMILES string of the molecule is COc1ccc(CC2(CN3C[C@H]4C[C@@H](C3)c3cccc(=O)n3C4)C(=O)NC(=O)N(c3ccc(OC)cc3)C2=O)cc1. The normalized spacial score (nSPS) is 24.0. The van der Waals surface area contributed by atoms with Crippen LogP contribution in [0.1, 0.15) is 23.6 Å². The second kappa shape index (κ2) is 10.5. The van der Waals surface area contributed by atoms with Gasteiger partial charge in [-0.25, -0.2) is 9.69 Å². The molecule has 41 heavy (non-hydrogen) atoms. The summed E-state index contributed by atoms with van der Waals surface area (Å²) in [5.74, 6) is 0.379. The Bertz CT molecular complexity index is 1550. The van der Waals surface area contributed by atoms with Crippen LogP contribution in [0.4, 0.5) is 10.5 Å². The zero-order valence-corrected chi connectivity index (χ0v) is 23.0. The first-order chi connectivity index (χ1) is 19.8. The standard InChI is InChI=1S/C31H32N4O6/c1-40-24-10-6-20(7-11-24)15-31(19-33-16-21-14-22(18-33)26-4-3-5-27(36)34(26)17-21)28(37)32-30(39)35(29(31)38)23-8-12-25(41-2)13-9-23/h3-13,21-22H,14-19H2,1-2H3,(H,32,37,39)/t21-,22+,31?/m1/s1. The average molecular weight is 557 g/mol. The monoisotopic (exact) mass is 556 g/mol. The lowest BCUT2D eigenvalue weighted by Crippen LogP contribution is -2.68. The number of pyridine rings is 1. The fourth-order valence-corrected chi connectivity index (χ4v) is 6.59. The maximum absolute atomic E-state index is 14.4. The van der Waals surface area contributed by atoms with Gasteiger partial charge in [-0.1, -0.05) is 18.2 Å². The zero-order chi connectivity index (χ0) is 28.7. The van der Waals surface area contributed by atoms with Crippen molar-refractivity contribution in [3.8, 4) is 11.5 Å². The van der Waals surface area contributed by atoms with E-state index in [9.17, 15) is 19.2 Å². The van der Waals surface area contributed by atoms with Gasteiger partial charge >= 0.3 is 6.03 Å². The number of nitrogens with zero attached hydrogens (tertiary/aromatic N) is 3. The predicted molar refractivity (Wildman–Crippen MR) is 151 cm³/mol. The van der Waals surface area contributed by atoms with Gasteiger partial charge in [-0.05, 0) is 66.8 Å². The minimum absolute atomic E-state index is 0.00268. The highest BCUT2D eigenvalue weighted by Crippen LogP contribution is 2.39. The smallest absolute Gasteiger partial charge is 0.335 e. The van der Waals surface area contributed by atoms with Crippen molar-refractivity contribution in [1.29, 1.82) is 0 Å². The third-order valence-corrected chi connectivity index (χ3v) is 8.52. The van der Waals surface area contributed by atoms with Crippen LogP contribution in [-0.2, 0) is 22.6 Å². The zero-order valence-electron chi connectivity index (χ0n) is 23.0. The number of carbonyl (C=O) groups excluding carboxylic acids is 3. The van der Waals surface area contributed by atoms with Gasteiger partial charge in [-0.3, -0.25) is 19.7 Å². The van der Waals surface area contributed by atoms with Crippen LogP contribution in [0.2, 0.25) is 0 Å². The molecule has 2 bridgehead atoms. The molecular formula is C31H32N4O6. The fourth-order valence-electron chi connectivity index (χ4n) is 6.59. The lowest BCUT2D eigenvalue weighted by molar-refractivity contribution is -0.144. The van der Waals surface area contributed by atoms with Crippen molar-refractivity contribution < 1.29 is 23.9 Å². The van der Waals surface area contributed by atoms with Crippen LogP contribution in [0, 0.1) is 11.3 Å². The van der Waals surface area contributed by atoms with Crippen LogP contribution in [0.25, 0.3) is 0 Å². The Balaban J connectivity index is 1.37. The summed E-state index contributed by atoms with van der Waals surface area (Å²) in [5.41, 5.74) is 0.537. The van der Waals surface area contributed by atoms with Crippen LogP contribution in [-0.4, -0.2) is 61.2 Å². The highest BCUT2D eigenvalue weighted by Gasteiger charge is 2.55. The van der Waals surface area contributed by atoms with Crippen molar-refractivity contribution in [2.24, 2.45) is 11.3 Å². The van der Waals surface area contributed by atoms with Crippen LogP contribution in [0.3, 0.4) is 0 Å². The van der Waals surface area contributed by atoms with Gasteiger partial charge in [0.25, 0.3) is 11.5 Å². The lowest BCUT2D eigenvalue weighted by atomic mass is 9.75. The molecule has 4 amide bonds. The Hall–Kier alpha value is -4.44. The molecule has 6 rings (SSSR count). The largest absolute Gasteiger partial charge is 0.497 e. The summed E-state index contributed by atoms with van der Waals surface area (Å²) in [6.07, 6.45) is 1.05. The van der Waals surface area contributed by atoms with Crippen molar-refractivity contribution in [3.63, 3.8) is 0 Å². The molecule has 2 saturated heterocycles. The molecule has 2 fully saturated rings. The number of anilines is 1. The summed E-state index contributed by atoms with van der Waals surface area (Å²) >= 11 is 0. The Kier molecular flexibility index (Phi) is 6.86. The molecule has 3 aliphatic heterocycles. The van der Waals surface area contributed by atoms with Crippen molar-refractivity contribution in [3.05, 3.63) is 88.3 Å². The molecule has 1 unspecified atom stereocenters. The van der Waals surface area contributed by atoms with E-state index in [0.717, 1.165) is 22.6 Å². The van der Waals surface area contributed by atoms with E-state index in [1.54, 1.807) is 55.6 Å². The topological polar surface area (TPSA) is 110 Å². The van der Waals surface area contributed by atoms with E-state index >= 15 is 0 Å². The number of benzene rings is 2. The van der Waals surface area contributed by atoms with Gasteiger partial charge in [0.15, 0.2) is 0 Å². The Labute approximate surface area is 237 Å². The van der Waals surface area contributed by atoms with Crippen LogP contribution in [0.15, 0.2) is 71.5 Å². The van der Waals surface area contributed by atoms with E-state index in [1.807, 2.05) is 22.8 Å². The number of fused-ring (bicyclic) bond motifs is 4. The van der Waals surface area contributed by atoms with Crippen molar-refractivity contribution in [2.75, 3.05) is 38.8 Å². The highest BCUT2D eigenvalue weighted by atomic mass is 16.5. The first-order valence-electron chi connectivity index (χ1n) is 13.7. The maximum atomic E-state index is 14.4. The number of likely N-dealkylation sites (tertiary alicyclic amines) is 1. The van der Waals surface area contributed by atoms with Gasteiger partial charge in [-0.15, -0.1) is 0 Å². The number of carbonyl (C=O) groups is 3. The molecule has 0 radical (unpaired) electrons. The number of rotatable bonds is 7. The molecule has 4 heterocycles. The molecule has 1 aromatic heterocycles. The van der Waals surface area contributed by atoms with E-state index in [1.165, 1.54) is 7.11 Å². The molecule has 10 nitrogen and oxygen atoms in total.